The second kappa shape index (κ2) is 5.59. The summed E-state index contributed by atoms with van der Waals surface area (Å²) < 4.78 is 5.64. The Kier molecular flexibility index (Phi) is 3.84. The number of hydrogen-bond donors (Lipinski definition) is 0. The Morgan fingerprint density at radius 2 is 2.26 bits per heavy atom. The molecule has 4 nitrogen and oxygen atoms in total. The van der Waals surface area contributed by atoms with Crippen LogP contribution in [0, 0.1) is 5.92 Å². The first-order valence-corrected chi connectivity index (χ1v) is 7.87. The van der Waals surface area contributed by atoms with Gasteiger partial charge in [-0.15, -0.1) is 0 Å². The highest BCUT2D eigenvalue weighted by Gasteiger charge is 2.23. The predicted octanol–water partition coefficient (Wildman–Crippen LogP) is 2.52. The molecule has 1 saturated carbocycles. The highest BCUT2D eigenvalue weighted by molar-refractivity contribution is 7.17. The number of carbonyl (C=O) groups excluding carboxylic acids is 1. The first-order valence-electron chi connectivity index (χ1n) is 7.06. The average molecular weight is 280 g/mol. The van der Waals surface area contributed by atoms with Crippen molar-refractivity contribution >= 4 is 22.3 Å². The van der Waals surface area contributed by atoms with E-state index in [1.807, 2.05) is 7.05 Å². The van der Waals surface area contributed by atoms with Gasteiger partial charge in [0.2, 0.25) is 0 Å². The molecule has 0 saturated heterocycles. The monoisotopic (exact) mass is 280 g/mol. The number of thiazole rings is 1. The summed E-state index contributed by atoms with van der Waals surface area (Å²) in [5, 5.41) is 0.954. The van der Waals surface area contributed by atoms with Gasteiger partial charge in [0.1, 0.15) is 0 Å². The number of carbonyl (C=O) groups is 1. The van der Waals surface area contributed by atoms with Crippen molar-refractivity contribution in [3.63, 3.8) is 0 Å². The topological polar surface area (TPSA) is 42.4 Å². The van der Waals surface area contributed by atoms with E-state index in [0.29, 0.717) is 6.42 Å². The molecule has 104 valence electrons. The van der Waals surface area contributed by atoms with E-state index < -0.39 is 0 Å². The van der Waals surface area contributed by atoms with Crippen molar-refractivity contribution in [1.29, 1.82) is 0 Å². The van der Waals surface area contributed by atoms with Crippen LogP contribution >= 0.6 is 11.3 Å². The van der Waals surface area contributed by atoms with Crippen molar-refractivity contribution in [2.75, 3.05) is 31.7 Å². The SMILES string of the molecule is CN(CCOCC1CC1)c1nc2c(s1)C(=O)CCC2. The molecule has 0 aromatic carbocycles. The zero-order valence-electron chi connectivity index (χ0n) is 11.4. The first-order chi connectivity index (χ1) is 9.24. The summed E-state index contributed by atoms with van der Waals surface area (Å²) in [4.78, 5) is 19.4. The molecule has 1 fully saturated rings. The molecule has 0 unspecified atom stereocenters. The molecular weight excluding hydrogens is 260 g/mol. The molecule has 0 radical (unpaired) electrons. The molecule has 19 heavy (non-hydrogen) atoms. The van der Waals surface area contributed by atoms with Gasteiger partial charge in [-0.05, 0) is 31.6 Å². The summed E-state index contributed by atoms with van der Waals surface area (Å²) in [5.41, 5.74) is 1.00. The summed E-state index contributed by atoms with van der Waals surface area (Å²) in [5.74, 6) is 1.08. The normalized spacial score (nSPS) is 18.5. The van der Waals surface area contributed by atoms with Gasteiger partial charge in [0.15, 0.2) is 10.9 Å². The van der Waals surface area contributed by atoms with Gasteiger partial charge in [-0.2, -0.15) is 0 Å². The van der Waals surface area contributed by atoms with Gasteiger partial charge in [-0.3, -0.25) is 4.79 Å². The van der Waals surface area contributed by atoms with Crippen LogP contribution in [0.5, 0.6) is 0 Å². The van der Waals surface area contributed by atoms with E-state index in [-0.39, 0.29) is 5.78 Å². The fraction of sp³-hybridized carbons (Fsp3) is 0.714. The highest BCUT2D eigenvalue weighted by Crippen LogP contribution is 2.31. The third-order valence-electron chi connectivity index (χ3n) is 3.70. The quantitative estimate of drug-likeness (QED) is 0.751. The second-order valence-corrected chi connectivity index (χ2v) is 6.47. The zero-order chi connectivity index (χ0) is 13.2. The molecule has 1 heterocycles. The standard InChI is InChI=1S/C14H20N2O2S/c1-16(7-8-18-9-10-5-6-10)14-15-11-3-2-4-12(17)13(11)19-14/h10H,2-9H2,1H3. The van der Waals surface area contributed by atoms with Crippen LogP contribution in [0.4, 0.5) is 5.13 Å². The molecule has 0 atom stereocenters. The zero-order valence-corrected chi connectivity index (χ0v) is 12.2. The maximum atomic E-state index is 11.8. The molecule has 0 aliphatic heterocycles. The van der Waals surface area contributed by atoms with E-state index in [0.717, 1.165) is 54.2 Å². The maximum Gasteiger partial charge on any atom is 0.186 e. The van der Waals surface area contributed by atoms with Gasteiger partial charge in [0, 0.05) is 26.6 Å². The molecule has 2 aliphatic carbocycles. The summed E-state index contributed by atoms with van der Waals surface area (Å²) >= 11 is 1.54. The lowest BCUT2D eigenvalue weighted by Gasteiger charge is -2.15. The molecule has 0 bridgehead atoms. The Morgan fingerprint density at radius 3 is 3.00 bits per heavy atom. The maximum absolute atomic E-state index is 11.8. The Morgan fingerprint density at radius 1 is 1.42 bits per heavy atom. The van der Waals surface area contributed by atoms with Crippen LogP contribution < -0.4 is 4.90 Å². The Balaban J connectivity index is 1.53. The van der Waals surface area contributed by atoms with E-state index in [4.69, 9.17) is 4.74 Å². The van der Waals surface area contributed by atoms with Crippen LogP contribution in [0.2, 0.25) is 0 Å². The average Bonchev–Trinajstić information content (AvgIpc) is 3.11. The third-order valence-corrected chi connectivity index (χ3v) is 4.96. The minimum atomic E-state index is 0.267. The fourth-order valence-corrected chi connectivity index (χ4v) is 3.32. The number of rotatable bonds is 6. The second-order valence-electron chi connectivity index (χ2n) is 5.49. The fourth-order valence-electron chi connectivity index (χ4n) is 2.25. The number of nitrogens with zero attached hydrogens (tertiary/aromatic N) is 2. The van der Waals surface area contributed by atoms with Gasteiger partial charge in [-0.25, -0.2) is 4.98 Å². The number of likely N-dealkylation sites (N-methyl/N-ethyl adjacent to an activating group) is 1. The van der Waals surface area contributed by atoms with Crippen LogP contribution in [0.25, 0.3) is 0 Å². The molecule has 3 rings (SSSR count). The Labute approximate surface area is 117 Å². The number of Topliss-reactive ketones (excluding diaryl/α,β-unsaturated/α-hetero) is 1. The number of aryl methyl sites for hydroxylation is 1. The number of anilines is 1. The highest BCUT2D eigenvalue weighted by atomic mass is 32.1. The van der Waals surface area contributed by atoms with Gasteiger partial charge >= 0.3 is 0 Å². The van der Waals surface area contributed by atoms with Crippen molar-refractivity contribution in [1.82, 2.24) is 4.98 Å². The number of hydrogen-bond acceptors (Lipinski definition) is 5. The molecule has 0 N–H and O–H groups in total. The minimum absolute atomic E-state index is 0.267. The summed E-state index contributed by atoms with van der Waals surface area (Å²) in [6.07, 6.45) is 5.24. The minimum Gasteiger partial charge on any atom is -0.379 e. The summed E-state index contributed by atoms with van der Waals surface area (Å²) in [6, 6.07) is 0. The van der Waals surface area contributed by atoms with Crippen LogP contribution in [-0.2, 0) is 11.2 Å². The van der Waals surface area contributed by atoms with Gasteiger partial charge in [-0.1, -0.05) is 11.3 Å². The van der Waals surface area contributed by atoms with Crippen molar-refractivity contribution < 1.29 is 9.53 Å². The van der Waals surface area contributed by atoms with Crippen molar-refractivity contribution in [3.05, 3.63) is 10.6 Å². The molecule has 1 aromatic rings. The summed E-state index contributed by atoms with van der Waals surface area (Å²) in [7, 11) is 2.02. The Hall–Kier alpha value is -0.940. The van der Waals surface area contributed by atoms with Gasteiger partial charge in [0.25, 0.3) is 0 Å². The first kappa shape index (κ1) is 13.1. The lowest BCUT2D eigenvalue weighted by Crippen LogP contribution is -2.22. The van der Waals surface area contributed by atoms with Crippen molar-refractivity contribution in [3.8, 4) is 0 Å². The van der Waals surface area contributed by atoms with E-state index in [1.165, 1.54) is 24.2 Å². The lowest BCUT2D eigenvalue weighted by molar-refractivity contribution is 0.0976. The van der Waals surface area contributed by atoms with E-state index >= 15 is 0 Å². The number of fused-ring (bicyclic) bond motifs is 1. The molecule has 0 spiro atoms. The van der Waals surface area contributed by atoms with Gasteiger partial charge < -0.3 is 9.64 Å². The van der Waals surface area contributed by atoms with Crippen LogP contribution in [0.1, 0.15) is 41.0 Å². The van der Waals surface area contributed by atoms with Crippen molar-refractivity contribution in [2.24, 2.45) is 5.92 Å². The molecule has 2 aliphatic rings. The largest absolute Gasteiger partial charge is 0.379 e. The molecular formula is C14H20N2O2S. The van der Waals surface area contributed by atoms with Gasteiger partial charge in [0.05, 0.1) is 17.2 Å². The Bertz CT molecular complexity index is 468. The van der Waals surface area contributed by atoms with Crippen LogP contribution in [0.15, 0.2) is 0 Å². The van der Waals surface area contributed by atoms with Crippen LogP contribution in [0.3, 0.4) is 0 Å². The molecule has 5 heteroatoms. The third kappa shape index (κ3) is 3.15. The van der Waals surface area contributed by atoms with E-state index in [2.05, 4.69) is 9.88 Å². The van der Waals surface area contributed by atoms with E-state index in [9.17, 15) is 4.79 Å². The van der Waals surface area contributed by atoms with Crippen molar-refractivity contribution in [2.45, 2.75) is 32.1 Å². The number of aromatic nitrogens is 1. The smallest absolute Gasteiger partial charge is 0.186 e. The molecule has 1 aromatic heterocycles. The molecule has 0 amide bonds. The van der Waals surface area contributed by atoms with E-state index in [1.54, 1.807) is 0 Å². The predicted molar refractivity (Wildman–Crippen MR) is 76.2 cm³/mol. The number of ketones is 1. The summed E-state index contributed by atoms with van der Waals surface area (Å²) in [6.45, 7) is 2.49. The number of ether oxygens (including phenoxy) is 1. The van der Waals surface area contributed by atoms with Crippen LogP contribution in [-0.4, -0.2) is 37.6 Å². The lowest BCUT2D eigenvalue weighted by atomic mass is 10.0.